The topological polar surface area (TPSA) is 64.8 Å². The molecule has 0 bridgehead atoms. The minimum absolute atomic E-state index is 0.213. The number of hydrogen-bond donors (Lipinski definition) is 1. The maximum Gasteiger partial charge on any atom is 0.410 e. The molecule has 0 aromatic heterocycles. The number of morpholine rings is 1. The summed E-state index contributed by atoms with van der Waals surface area (Å²) in [4.78, 5) is 13.0. The number of nitrogens with two attached hydrogens (primary N) is 1. The standard InChI is InChI=1S/C8H16N2O3/c1-7(6-9)13-8(11)10-2-4-12-5-3-10/h7H,2-6,9H2,1H3/t7-/m0/s1. The van der Waals surface area contributed by atoms with Crippen molar-refractivity contribution in [2.45, 2.75) is 13.0 Å². The van der Waals surface area contributed by atoms with Crippen molar-refractivity contribution >= 4 is 6.09 Å². The predicted octanol–water partition coefficient (Wildman–Crippen LogP) is -0.198. The van der Waals surface area contributed by atoms with Gasteiger partial charge in [0.15, 0.2) is 0 Å². The average molecular weight is 188 g/mol. The summed E-state index contributed by atoms with van der Waals surface area (Å²) in [5.41, 5.74) is 5.33. The van der Waals surface area contributed by atoms with E-state index in [1.165, 1.54) is 0 Å². The molecule has 0 unspecified atom stereocenters. The highest BCUT2D eigenvalue weighted by atomic mass is 16.6. The van der Waals surface area contributed by atoms with Crippen molar-refractivity contribution in [3.8, 4) is 0 Å². The number of carbonyl (C=O) groups is 1. The average Bonchev–Trinajstić information content (AvgIpc) is 2.19. The molecule has 1 aliphatic rings. The minimum atomic E-state index is -0.291. The second-order valence-corrected chi connectivity index (χ2v) is 3.03. The second-order valence-electron chi connectivity index (χ2n) is 3.03. The van der Waals surface area contributed by atoms with Gasteiger partial charge in [-0.2, -0.15) is 0 Å². The summed E-state index contributed by atoms with van der Waals surface area (Å²) in [7, 11) is 0. The van der Waals surface area contributed by atoms with Gasteiger partial charge in [-0.05, 0) is 6.92 Å². The number of ether oxygens (including phenoxy) is 2. The summed E-state index contributed by atoms with van der Waals surface area (Å²) in [6.07, 6.45) is -0.503. The Hall–Kier alpha value is -0.810. The molecule has 1 heterocycles. The van der Waals surface area contributed by atoms with Crippen LogP contribution in [0.3, 0.4) is 0 Å². The molecule has 76 valence electrons. The van der Waals surface area contributed by atoms with Gasteiger partial charge in [-0.1, -0.05) is 0 Å². The van der Waals surface area contributed by atoms with Crippen LogP contribution in [-0.2, 0) is 9.47 Å². The fraction of sp³-hybridized carbons (Fsp3) is 0.875. The van der Waals surface area contributed by atoms with E-state index < -0.39 is 0 Å². The van der Waals surface area contributed by atoms with E-state index >= 15 is 0 Å². The van der Waals surface area contributed by atoms with E-state index in [9.17, 15) is 4.79 Å². The summed E-state index contributed by atoms with van der Waals surface area (Å²) in [6.45, 7) is 4.53. The van der Waals surface area contributed by atoms with E-state index in [0.29, 0.717) is 32.8 Å². The smallest absolute Gasteiger partial charge is 0.410 e. The van der Waals surface area contributed by atoms with Crippen molar-refractivity contribution in [3.05, 3.63) is 0 Å². The highest BCUT2D eigenvalue weighted by Gasteiger charge is 2.19. The first-order chi connectivity index (χ1) is 6.24. The lowest BCUT2D eigenvalue weighted by Gasteiger charge is -2.27. The van der Waals surface area contributed by atoms with Crippen LogP contribution in [0.4, 0.5) is 4.79 Å². The molecule has 1 aliphatic heterocycles. The first-order valence-corrected chi connectivity index (χ1v) is 4.47. The van der Waals surface area contributed by atoms with E-state index in [1.807, 2.05) is 0 Å². The Labute approximate surface area is 77.8 Å². The van der Waals surface area contributed by atoms with Gasteiger partial charge >= 0.3 is 6.09 Å². The largest absolute Gasteiger partial charge is 0.445 e. The summed E-state index contributed by atoms with van der Waals surface area (Å²) in [5.74, 6) is 0. The SMILES string of the molecule is C[C@@H](CN)OC(=O)N1CCOCC1. The van der Waals surface area contributed by atoms with Crippen LogP contribution in [-0.4, -0.2) is 49.9 Å². The van der Waals surface area contributed by atoms with Crippen LogP contribution in [0.1, 0.15) is 6.92 Å². The van der Waals surface area contributed by atoms with Crippen molar-refractivity contribution in [2.24, 2.45) is 5.73 Å². The van der Waals surface area contributed by atoms with Crippen LogP contribution in [0.2, 0.25) is 0 Å². The van der Waals surface area contributed by atoms with E-state index in [1.54, 1.807) is 11.8 Å². The Morgan fingerprint density at radius 2 is 2.23 bits per heavy atom. The molecular weight excluding hydrogens is 172 g/mol. The first-order valence-electron chi connectivity index (χ1n) is 4.47. The molecule has 5 nitrogen and oxygen atoms in total. The number of nitrogens with zero attached hydrogens (tertiary/aromatic N) is 1. The van der Waals surface area contributed by atoms with Crippen LogP contribution in [0.5, 0.6) is 0 Å². The molecule has 5 heteroatoms. The van der Waals surface area contributed by atoms with Crippen molar-refractivity contribution < 1.29 is 14.3 Å². The molecule has 0 spiro atoms. The maximum atomic E-state index is 11.4. The summed E-state index contributed by atoms with van der Waals surface area (Å²) in [6, 6.07) is 0. The van der Waals surface area contributed by atoms with Gasteiger partial charge in [0.25, 0.3) is 0 Å². The Bertz CT molecular complexity index is 169. The maximum absolute atomic E-state index is 11.4. The zero-order valence-electron chi connectivity index (χ0n) is 7.86. The van der Waals surface area contributed by atoms with Gasteiger partial charge in [0.1, 0.15) is 6.10 Å². The van der Waals surface area contributed by atoms with E-state index in [-0.39, 0.29) is 12.2 Å². The summed E-state index contributed by atoms with van der Waals surface area (Å²) in [5, 5.41) is 0. The Morgan fingerprint density at radius 3 is 2.77 bits per heavy atom. The molecule has 1 saturated heterocycles. The normalized spacial score (nSPS) is 19.7. The zero-order chi connectivity index (χ0) is 9.68. The molecule has 1 rings (SSSR count). The lowest BCUT2D eigenvalue weighted by molar-refractivity contribution is 0.0168. The summed E-state index contributed by atoms with van der Waals surface area (Å²) < 4.78 is 10.2. The Kier molecular flexibility index (Phi) is 3.98. The molecule has 1 atom stereocenters. The fourth-order valence-corrected chi connectivity index (χ4v) is 1.04. The molecule has 13 heavy (non-hydrogen) atoms. The van der Waals surface area contributed by atoms with E-state index in [0.717, 1.165) is 0 Å². The fourth-order valence-electron chi connectivity index (χ4n) is 1.04. The third kappa shape index (κ3) is 3.20. The van der Waals surface area contributed by atoms with Crippen molar-refractivity contribution in [2.75, 3.05) is 32.8 Å². The van der Waals surface area contributed by atoms with Crippen LogP contribution >= 0.6 is 0 Å². The molecule has 0 aliphatic carbocycles. The molecule has 2 N–H and O–H groups in total. The third-order valence-corrected chi connectivity index (χ3v) is 1.90. The highest BCUT2D eigenvalue weighted by Crippen LogP contribution is 2.01. The molecule has 0 radical (unpaired) electrons. The zero-order valence-corrected chi connectivity index (χ0v) is 7.86. The van der Waals surface area contributed by atoms with Crippen LogP contribution in [0.25, 0.3) is 0 Å². The first kappa shape index (κ1) is 10.3. The Morgan fingerprint density at radius 1 is 1.62 bits per heavy atom. The minimum Gasteiger partial charge on any atom is -0.445 e. The number of hydrogen-bond acceptors (Lipinski definition) is 4. The number of carbonyl (C=O) groups excluding carboxylic acids is 1. The molecule has 1 amide bonds. The molecule has 1 fully saturated rings. The second kappa shape index (κ2) is 5.04. The highest BCUT2D eigenvalue weighted by molar-refractivity contribution is 5.67. The van der Waals surface area contributed by atoms with Crippen molar-refractivity contribution in [1.29, 1.82) is 0 Å². The van der Waals surface area contributed by atoms with Crippen LogP contribution in [0, 0.1) is 0 Å². The van der Waals surface area contributed by atoms with Gasteiger partial charge in [-0.15, -0.1) is 0 Å². The van der Waals surface area contributed by atoms with Crippen molar-refractivity contribution in [3.63, 3.8) is 0 Å². The van der Waals surface area contributed by atoms with E-state index in [2.05, 4.69) is 0 Å². The monoisotopic (exact) mass is 188 g/mol. The molecule has 0 aromatic rings. The van der Waals surface area contributed by atoms with Gasteiger partial charge in [0.05, 0.1) is 13.2 Å². The lowest BCUT2D eigenvalue weighted by atomic mass is 10.4. The third-order valence-electron chi connectivity index (χ3n) is 1.90. The van der Waals surface area contributed by atoms with Crippen LogP contribution in [0.15, 0.2) is 0 Å². The van der Waals surface area contributed by atoms with Gasteiger partial charge < -0.3 is 20.1 Å². The van der Waals surface area contributed by atoms with Gasteiger partial charge in [-0.25, -0.2) is 4.79 Å². The number of rotatable bonds is 2. The summed E-state index contributed by atoms with van der Waals surface area (Å²) >= 11 is 0. The van der Waals surface area contributed by atoms with Crippen LogP contribution < -0.4 is 5.73 Å². The predicted molar refractivity (Wildman–Crippen MR) is 47.4 cm³/mol. The van der Waals surface area contributed by atoms with Gasteiger partial charge in [0, 0.05) is 19.6 Å². The van der Waals surface area contributed by atoms with E-state index in [4.69, 9.17) is 15.2 Å². The molecule has 0 saturated carbocycles. The van der Waals surface area contributed by atoms with Crippen molar-refractivity contribution in [1.82, 2.24) is 4.90 Å². The molecule has 0 aromatic carbocycles. The molecular formula is C8H16N2O3. The number of amides is 1. The quantitative estimate of drug-likeness (QED) is 0.652. The lowest BCUT2D eigenvalue weighted by Crippen LogP contribution is -2.42. The van der Waals surface area contributed by atoms with Gasteiger partial charge in [-0.3, -0.25) is 0 Å². The Balaban J connectivity index is 2.29. The van der Waals surface area contributed by atoms with Gasteiger partial charge in [0.2, 0.25) is 0 Å².